The molecule has 0 aliphatic carbocycles. The van der Waals surface area contributed by atoms with E-state index in [2.05, 4.69) is 53.3 Å². The predicted molar refractivity (Wildman–Crippen MR) is 78.4 cm³/mol. The minimum absolute atomic E-state index is 0.104. The molecule has 18 heavy (non-hydrogen) atoms. The van der Waals surface area contributed by atoms with Gasteiger partial charge in [-0.1, -0.05) is 47.3 Å². The summed E-state index contributed by atoms with van der Waals surface area (Å²) in [5.74, 6) is 1.59. The first-order valence-electron chi connectivity index (χ1n) is 6.80. The van der Waals surface area contributed by atoms with Crippen LogP contribution in [0.4, 0.5) is 0 Å². The van der Waals surface area contributed by atoms with Crippen molar-refractivity contribution in [2.24, 2.45) is 0 Å². The number of fused-ring (bicyclic) bond motifs is 1. The Labute approximate surface area is 111 Å². The van der Waals surface area contributed by atoms with Gasteiger partial charge in [0.1, 0.15) is 5.75 Å². The van der Waals surface area contributed by atoms with Crippen LogP contribution in [-0.4, -0.2) is 6.61 Å². The van der Waals surface area contributed by atoms with E-state index in [0.717, 1.165) is 18.8 Å². The van der Waals surface area contributed by atoms with Crippen LogP contribution in [0.5, 0.6) is 5.75 Å². The molecule has 0 spiro atoms. The average molecular weight is 244 g/mol. The third-order valence-corrected chi connectivity index (χ3v) is 3.62. The quantitative estimate of drug-likeness (QED) is 0.682. The van der Waals surface area contributed by atoms with Gasteiger partial charge in [0, 0.05) is 17.5 Å². The lowest BCUT2D eigenvalue weighted by atomic mass is 9.81. The summed E-state index contributed by atoms with van der Waals surface area (Å²) in [5, 5.41) is 0. The fourth-order valence-corrected chi connectivity index (χ4v) is 2.37. The van der Waals surface area contributed by atoms with Crippen molar-refractivity contribution in [1.29, 1.82) is 0 Å². The van der Waals surface area contributed by atoms with Crippen LogP contribution in [0.3, 0.4) is 0 Å². The summed E-state index contributed by atoms with van der Waals surface area (Å²) in [6, 6.07) is 4.57. The SMILES string of the molecule is C=C1CCOc2c1cc(C(C)C)cc2C(C)(C)C. The lowest BCUT2D eigenvalue weighted by Gasteiger charge is -2.30. The normalized spacial score (nSPS) is 15.6. The Hall–Kier alpha value is -1.24. The molecule has 0 saturated heterocycles. The highest BCUT2D eigenvalue weighted by atomic mass is 16.5. The van der Waals surface area contributed by atoms with Gasteiger partial charge in [-0.25, -0.2) is 0 Å². The third kappa shape index (κ3) is 2.31. The van der Waals surface area contributed by atoms with Gasteiger partial charge in [0.05, 0.1) is 6.61 Å². The van der Waals surface area contributed by atoms with E-state index >= 15 is 0 Å². The second-order valence-corrected chi connectivity index (χ2v) is 6.55. The Bertz CT molecular complexity index is 475. The first-order valence-corrected chi connectivity index (χ1v) is 6.80. The zero-order valence-electron chi connectivity index (χ0n) is 12.3. The maximum absolute atomic E-state index is 5.93. The molecule has 1 heterocycles. The van der Waals surface area contributed by atoms with E-state index < -0.39 is 0 Å². The Morgan fingerprint density at radius 1 is 1.22 bits per heavy atom. The maximum atomic E-state index is 5.93. The van der Waals surface area contributed by atoms with Crippen molar-refractivity contribution in [2.75, 3.05) is 6.61 Å². The number of hydrogen-bond donors (Lipinski definition) is 0. The molecular weight excluding hydrogens is 220 g/mol. The van der Waals surface area contributed by atoms with Gasteiger partial charge in [0.25, 0.3) is 0 Å². The van der Waals surface area contributed by atoms with Crippen molar-refractivity contribution in [3.63, 3.8) is 0 Å². The molecule has 0 amide bonds. The highest BCUT2D eigenvalue weighted by Crippen LogP contribution is 2.42. The second-order valence-electron chi connectivity index (χ2n) is 6.55. The molecule has 0 saturated carbocycles. The van der Waals surface area contributed by atoms with Crippen LogP contribution < -0.4 is 4.74 Å². The molecule has 0 N–H and O–H groups in total. The molecule has 1 aliphatic heterocycles. The van der Waals surface area contributed by atoms with E-state index in [1.165, 1.54) is 22.3 Å². The third-order valence-electron chi connectivity index (χ3n) is 3.62. The summed E-state index contributed by atoms with van der Waals surface area (Å²) >= 11 is 0. The van der Waals surface area contributed by atoms with Crippen molar-refractivity contribution in [3.8, 4) is 5.75 Å². The van der Waals surface area contributed by atoms with Crippen LogP contribution in [0.15, 0.2) is 18.7 Å². The zero-order chi connectivity index (χ0) is 13.5. The van der Waals surface area contributed by atoms with E-state index in [9.17, 15) is 0 Å². The van der Waals surface area contributed by atoms with E-state index in [1.54, 1.807) is 0 Å². The molecule has 0 bridgehead atoms. The molecule has 2 rings (SSSR count). The molecule has 1 heteroatoms. The standard InChI is InChI=1S/C17H24O/c1-11(2)13-9-14-12(3)7-8-18-16(14)15(10-13)17(4,5)6/h9-11H,3,7-8H2,1-2,4-6H3. The highest BCUT2D eigenvalue weighted by Gasteiger charge is 2.26. The van der Waals surface area contributed by atoms with Crippen LogP contribution in [0.1, 0.15) is 63.6 Å². The summed E-state index contributed by atoms with van der Waals surface area (Å²) < 4.78 is 5.93. The smallest absolute Gasteiger partial charge is 0.130 e. The van der Waals surface area contributed by atoms with Crippen molar-refractivity contribution >= 4 is 5.57 Å². The second kappa shape index (κ2) is 4.46. The van der Waals surface area contributed by atoms with Gasteiger partial charge in [-0.15, -0.1) is 0 Å². The van der Waals surface area contributed by atoms with Crippen LogP contribution >= 0.6 is 0 Å². The Morgan fingerprint density at radius 3 is 2.44 bits per heavy atom. The van der Waals surface area contributed by atoms with E-state index in [0.29, 0.717) is 5.92 Å². The molecule has 1 aliphatic rings. The molecule has 98 valence electrons. The first kappa shape index (κ1) is 13.2. The fraction of sp³-hybridized carbons (Fsp3) is 0.529. The van der Waals surface area contributed by atoms with E-state index in [4.69, 9.17) is 4.74 Å². The van der Waals surface area contributed by atoms with Crippen molar-refractivity contribution in [2.45, 2.75) is 52.4 Å². The van der Waals surface area contributed by atoms with Gasteiger partial charge in [-0.2, -0.15) is 0 Å². The summed E-state index contributed by atoms with van der Waals surface area (Å²) in [7, 11) is 0. The number of hydrogen-bond acceptors (Lipinski definition) is 1. The minimum atomic E-state index is 0.104. The van der Waals surface area contributed by atoms with Gasteiger partial charge in [-0.3, -0.25) is 0 Å². The van der Waals surface area contributed by atoms with Gasteiger partial charge >= 0.3 is 0 Å². The molecule has 0 aromatic heterocycles. The van der Waals surface area contributed by atoms with Crippen molar-refractivity contribution in [1.82, 2.24) is 0 Å². The first-order chi connectivity index (χ1) is 8.30. The molecule has 0 unspecified atom stereocenters. The van der Waals surface area contributed by atoms with E-state index in [-0.39, 0.29) is 5.41 Å². The summed E-state index contributed by atoms with van der Waals surface area (Å²) in [4.78, 5) is 0. The van der Waals surface area contributed by atoms with Gasteiger partial charge in [0.15, 0.2) is 0 Å². The number of ether oxygens (including phenoxy) is 1. The van der Waals surface area contributed by atoms with Gasteiger partial charge in [0.2, 0.25) is 0 Å². The van der Waals surface area contributed by atoms with Gasteiger partial charge < -0.3 is 4.74 Å². The summed E-state index contributed by atoms with van der Waals surface area (Å²) in [5.41, 5.74) is 5.23. The van der Waals surface area contributed by atoms with Crippen molar-refractivity contribution in [3.05, 3.63) is 35.4 Å². The highest BCUT2D eigenvalue weighted by molar-refractivity contribution is 5.73. The molecular formula is C17H24O. The van der Waals surface area contributed by atoms with Gasteiger partial charge in [-0.05, 0) is 28.5 Å². The molecule has 1 aromatic carbocycles. The maximum Gasteiger partial charge on any atom is 0.130 e. The number of rotatable bonds is 1. The topological polar surface area (TPSA) is 9.23 Å². The monoisotopic (exact) mass is 244 g/mol. The van der Waals surface area contributed by atoms with Crippen molar-refractivity contribution < 1.29 is 4.74 Å². The summed E-state index contributed by atoms with van der Waals surface area (Å²) in [6.07, 6.45) is 0.943. The molecule has 1 nitrogen and oxygen atoms in total. The van der Waals surface area contributed by atoms with Crippen LogP contribution in [0.25, 0.3) is 5.57 Å². The predicted octanol–water partition coefficient (Wildman–Crippen LogP) is 4.90. The number of benzene rings is 1. The average Bonchev–Trinajstić information content (AvgIpc) is 2.27. The molecule has 1 aromatic rings. The van der Waals surface area contributed by atoms with Crippen LogP contribution in [0.2, 0.25) is 0 Å². The minimum Gasteiger partial charge on any atom is -0.492 e. The van der Waals surface area contributed by atoms with Crippen LogP contribution in [-0.2, 0) is 5.41 Å². The van der Waals surface area contributed by atoms with E-state index in [1.807, 2.05) is 0 Å². The molecule has 0 fully saturated rings. The Balaban J connectivity index is 2.68. The summed E-state index contributed by atoms with van der Waals surface area (Å²) in [6.45, 7) is 16.2. The Kier molecular flexibility index (Phi) is 3.27. The molecule has 0 radical (unpaired) electrons. The molecule has 0 atom stereocenters. The van der Waals surface area contributed by atoms with Crippen LogP contribution in [0, 0.1) is 0 Å². The largest absolute Gasteiger partial charge is 0.492 e. The lowest BCUT2D eigenvalue weighted by molar-refractivity contribution is 0.307. The Morgan fingerprint density at radius 2 is 1.89 bits per heavy atom. The fourth-order valence-electron chi connectivity index (χ4n) is 2.37. The lowest BCUT2D eigenvalue weighted by Crippen LogP contribution is -2.18. The zero-order valence-corrected chi connectivity index (χ0v) is 12.3.